The second-order valence-electron chi connectivity index (χ2n) is 5.64. The predicted octanol–water partition coefficient (Wildman–Crippen LogP) is 2.65. The minimum Gasteiger partial charge on any atom is -0.375 e. The standard InChI is InChI=1S/C17H16N4O3/c1-11-16(14-3-2-8-19-17(14)21(22)23)20-15(10-24-11)13-6-4-12(9-18)5-7-13/h2-8,11,15-16,20H,10H2,1H3. The van der Waals surface area contributed by atoms with Crippen molar-refractivity contribution in [2.75, 3.05) is 6.61 Å². The lowest BCUT2D eigenvalue weighted by Crippen LogP contribution is -2.43. The molecular formula is C17H16N4O3. The molecule has 1 saturated heterocycles. The van der Waals surface area contributed by atoms with Crippen LogP contribution in [0, 0.1) is 21.4 Å². The largest absolute Gasteiger partial charge is 0.375 e. The van der Waals surface area contributed by atoms with Gasteiger partial charge in [0.1, 0.15) is 6.20 Å². The maximum Gasteiger partial charge on any atom is 0.368 e. The average Bonchev–Trinajstić information content (AvgIpc) is 2.62. The highest BCUT2D eigenvalue weighted by atomic mass is 16.6. The van der Waals surface area contributed by atoms with E-state index in [0.717, 1.165) is 5.56 Å². The Morgan fingerprint density at radius 3 is 2.79 bits per heavy atom. The van der Waals surface area contributed by atoms with Gasteiger partial charge in [-0.1, -0.05) is 12.1 Å². The van der Waals surface area contributed by atoms with Gasteiger partial charge in [0.25, 0.3) is 0 Å². The molecule has 1 aromatic carbocycles. The minimum atomic E-state index is -0.477. The van der Waals surface area contributed by atoms with Gasteiger partial charge in [0.05, 0.1) is 42.0 Å². The Morgan fingerprint density at radius 2 is 2.12 bits per heavy atom. The summed E-state index contributed by atoms with van der Waals surface area (Å²) in [5.41, 5.74) is 2.06. The van der Waals surface area contributed by atoms with Crippen LogP contribution in [0.5, 0.6) is 0 Å². The Kier molecular flexibility index (Phi) is 4.51. The van der Waals surface area contributed by atoms with Crippen molar-refractivity contribution >= 4 is 5.82 Å². The lowest BCUT2D eigenvalue weighted by molar-refractivity contribution is -0.390. The van der Waals surface area contributed by atoms with Gasteiger partial charge in [-0.2, -0.15) is 5.26 Å². The molecule has 3 atom stereocenters. The van der Waals surface area contributed by atoms with Gasteiger partial charge in [-0.25, -0.2) is 0 Å². The third kappa shape index (κ3) is 3.11. The smallest absolute Gasteiger partial charge is 0.368 e. The lowest BCUT2D eigenvalue weighted by Gasteiger charge is -2.36. The topological polar surface area (TPSA) is 101 Å². The summed E-state index contributed by atoms with van der Waals surface area (Å²) in [5, 5.41) is 23.5. The first-order valence-corrected chi connectivity index (χ1v) is 7.57. The first-order valence-electron chi connectivity index (χ1n) is 7.57. The van der Waals surface area contributed by atoms with Crippen LogP contribution in [0.25, 0.3) is 0 Å². The van der Waals surface area contributed by atoms with Gasteiger partial charge < -0.3 is 14.9 Å². The van der Waals surface area contributed by atoms with E-state index in [1.807, 2.05) is 19.1 Å². The number of hydrogen-bond acceptors (Lipinski definition) is 6. The molecule has 0 radical (unpaired) electrons. The number of nitrogens with zero attached hydrogens (tertiary/aromatic N) is 3. The van der Waals surface area contributed by atoms with Crippen molar-refractivity contribution in [1.29, 1.82) is 5.26 Å². The molecule has 2 heterocycles. The van der Waals surface area contributed by atoms with Crippen molar-refractivity contribution in [1.82, 2.24) is 10.3 Å². The molecule has 7 heteroatoms. The molecule has 1 fully saturated rings. The van der Waals surface area contributed by atoms with E-state index in [4.69, 9.17) is 10.00 Å². The monoisotopic (exact) mass is 324 g/mol. The Balaban J connectivity index is 1.89. The SMILES string of the molecule is CC1OCC(c2ccc(C#N)cc2)NC1c1cccnc1[N+](=O)[O-]. The van der Waals surface area contributed by atoms with Crippen LogP contribution in [-0.4, -0.2) is 22.6 Å². The number of benzene rings is 1. The van der Waals surface area contributed by atoms with Crippen molar-refractivity contribution in [2.45, 2.75) is 25.1 Å². The van der Waals surface area contributed by atoms with Gasteiger partial charge in [0, 0.05) is 0 Å². The summed E-state index contributed by atoms with van der Waals surface area (Å²) in [5.74, 6) is -0.161. The number of ether oxygens (including phenoxy) is 1. The molecule has 0 bridgehead atoms. The molecule has 122 valence electrons. The summed E-state index contributed by atoms with van der Waals surface area (Å²) in [4.78, 5) is 14.6. The van der Waals surface area contributed by atoms with Crippen molar-refractivity contribution < 1.29 is 9.66 Å². The van der Waals surface area contributed by atoms with Crippen LogP contribution >= 0.6 is 0 Å². The van der Waals surface area contributed by atoms with Crippen molar-refractivity contribution in [3.05, 3.63) is 69.4 Å². The number of rotatable bonds is 3. The Morgan fingerprint density at radius 1 is 1.38 bits per heavy atom. The number of pyridine rings is 1. The van der Waals surface area contributed by atoms with E-state index in [1.165, 1.54) is 6.20 Å². The fourth-order valence-electron chi connectivity index (χ4n) is 2.87. The van der Waals surface area contributed by atoms with E-state index >= 15 is 0 Å². The number of hydrogen-bond donors (Lipinski definition) is 1. The van der Waals surface area contributed by atoms with Crippen molar-refractivity contribution in [3.63, 3.8) is 0 Å². The van der Waals surface area contributed by atoms with Crippen LogP contribution < -0.4 is 5.32 Å². The van der Waals surface area contributed by atoms with E-state index < -0.39 is 4.92 Å². The summed E-state index contributed by atoms with van der Waals surface area (Å²) in [7, 11) is 0. The molecule has 24 heavy (non-hydrogen) atoms. The van der Waals surface area contributed by atoms with Crippen LogP contribution in [0.4, 0.5) is 5.82 Å². The zero-order chi connectivity index (χ0) is 17.1. The van der Waals surface area contributed by atoms with E-state index in [9.17, 15) is 10.1 Å². The van der Waals surface area contributed by atoms with E-state index in [2.05, 4.69) is 16.4 Å². The second-order valence-corrected chi connectivity index (χ2v) is 5.64. The molecule has 3 unspecified atom stereocenters. The third-order valence-electron chi connectivity index (χ3n) is 4.14. The Hall–Kier alpha value is -2.82. The quantitative estimate of drug-likeness (QED) is 0.688. The van der Waals surface area contributed by atoms with E-state index in [1.54, 1.807) is 24.3 Å². The number of nitrogens with one attached hydrogen (secondary N) is 1. The first-order chi connectivity index (χ1) is 11.6. The molecule has 0 saturated carbocycles. The van der Waals surface area contributed by atoms with E-state index in [-0.39, 0.29) is 24.0 Å². The van der Waals surface area contributed by atoms with Crippen LogP contribution in [0.1, 0.15) is 35.7 Å². The Labute approximate surface area is 139 Å². The summed E-state index contributed by atoms with van der Waals surface area (Å²) >= 11 is 0. The average molecular weight is 324 g/mol. The molecule has 1 aliphatic heterocycles. The molecule has 3 rings (SSSR count). The normalized spacial score (nSPS) is 23.4. The first kappa shape index (κ1) is 16.1. The highest BCUT2D eigenvalue weighted by Gasteiger charge is 2.34. The number of morpholine rings is 1. The predicted molar refractivity (Wildman–Crippen MR) is 86.1 cm³/mol. The van der Waals surface area contributed by atoms with Gasteiger partial charge in [0.2, 0.25) is 0 Å². The summed E-state index contributed by atoms with van der Waals surface area (Å²) < 4.78 is 5.83. The van der Waals surface area contributed by atoms with Gasteiger partial charge >= 0.3 is 5.82 Å². The number of nitriles is 1. The Bertz CT molecular complexity index is 785. The van der Waals surface area contributed by atoms with Gasteiger partial charge in [-0.3, -0.25) is 5.32 Å². The lowest BCUT2D eigenvalue weighted by atomic mass is 9.97. The number of nitro groups is 1. The molecule has 0 aliphatic carbocycles. The molecular weight excluding hydrogens is 308 g/mol. The van der Waals surface area contributed by atoms with Crippen LogP contribution in [0.2, 0.25) is 0 Å². The molecule has 1 aliphatic rings. The van der Waals surface area contributed by atoms with E-state index in [0.29, 0.717) is 17.7 Å². The highest BCUT2D eigenvalue weighted by molar-refractivity contribution is 5.37. The molecule has 7 nitrogen and oxygen atoms in total. The zero-order valence-electron chi connectivity index (χ0n) is 13.0. The maximum atomic E-state index is 11.2. The fraction of sp³-hybridized carbons (Fsp3) is 0.294. The van der Waals surface area contributed by atoms with Crippen molar-refractivity contribution in [3.8, 4) is 6.07 Å². The van der Waals surface area contributed by atoms with Crippen LogP contribution in [-0.2, 0) is 4.74 Å². The molecule has 0 amide bonds. The van der Waals surface area contributed by atoms with Gasteiger partial charge in [-0.05, 0) is 46.7 Å². The van der Waals surface area contributed by atoms with Gasteiger partial charge in [0.15, 0.2) is 0 Å². The summed E-state index contributed by atoms with van der Waals surface area (Å²) in [6.07, 6.45) is 1.19. The van der Waals surface area contributed by atoms with Gasteiger partial charge in [-0.15, -0.1) is 0 Å². The zero-order valence-corrected chi connectivity index (χ0v) is 13.0. The minimum absolute atomic E-state index is 0.112. The number of aromatic nitrogens is 1. The maximum absolute atomic E-state index is 11.2. The molecule has 1 aromatic heterocycles. The van der Waals surface area contributed by atoms with Crippen LogP contribution in [0.3, 0.4) is 0 Å². The second kappa shape index (κ2) is 6.74. The molecule has 1 N–H and O–H groups in total. The highest BCUT2D eigenvalue weighted by Crippen LogP contribution is 2.32. The summed E-state index contributed by atoms with van der Waals surface area (Å²) in [6.45, 7) is 2.33. The van der Waals surface area contributed by atoms with Crippen molar-refractivity contribution in [2.24, 2.45) is 0 Å². The molecule has 2 aromatic rings. The molecule has 0 spiro atoms. The fourth-order valence-corrected chi connectivity index (χ4v) is 2.87. The van der Waals surface area contributed by atoms with Crippen LogP contribution in [0.15, 0.2) is 42.6 Å². The summed E-state index contributed by atoms with van der Waals surface area (Å²) in [6, 6.07) is 12.2. The third-order valence-corrected chi connectivity index (χ3v) is 4.14.